The van der Waals surface area contributed by atoms with Crippen molar-refractivity contribution in [1.29, 1.82) is 0 Å². The molecule has 1 heterocycles. The van der Waals surface area contributed by atoms with E-state index < -0.39 is 5.97 Å². The number of carbonyl (C=O) groups is 1. The predicted molar refractivity (Wildman–Crippen MR) is 100 cm³/mol. The standard InChI is InChI=1S/C21H21NO4/c1-3-25-17-11-8-15(9-12-17)14-18-21(23)26-20(22-18)13-10-16-6-4-5-7-19(16)24-2/h4-9,11-12,14H,3,10,13H2,1-2H3/b18-14+. The zero-order valence-electron chi connectivity index (χ0n) is 14.9. The van der Waals surface area contributed by atoms with Crippen molar-refractivity contribution in [3.05, 3.63) is 65.4 Å². The van der Waals surface area contributed by atoms with Crippen LogP contribution >= 0.6 is 0 Å². The minimum Gasteiger partial charge on any atom is -0.496 e. The molecule has 26 heavy (non-hydrogen) atoms. The maximum absolute atomic E-state index is 12.0. The van der Waals surface area contributed by atoms with E-state index in [1.54, 1.807) is 13.2 Å². The molecule has 0 aromatic heterocycles. The van der Waals surface area contributed by atoms with Crippen LogP contribution in [-0.4, -0.2) is 25.6 Å². The summed E-state index contributed by atoms with van der Waals surface area (Å²) < 4.78 is 16.0. The van der Waals surface area contributed by atoms with Crippen molar-refractivity contribution in [2.75, 3.05) is 13.7 Å². The van der Waals surface area contributed by atoms with Crippen molar-refractivity contribution in [3.63, 3.8) is 0 Å². The Labute approximate surface area is 152 Å². The Hall–Kier alpha value is -3.08. The van der Waals surface area contributed by atoms with Gasteiger partial charge < -0.3 is 14.2 Å². The first kappa shape index (κ1) is 17.7. The number of methoxy groups -OCH3 is 1. The molecule has 1 aliphatic heterocycles. The second-order valence-corrected chi connectivity index (χ2v) is 5.74. The second-order valence-electron chi connectivity index (χ2n) is 5.74. The lowest BCUT2D eigenvalue weighted by molar-refractivity contribution is -0.130. The van der Waals surface area contributed by atoms with E-state index in [0.717, 1.165) is 22.6 Å². The van der Waals surface area contributed by atoms with Gasteiger partial charge in [-0.2, -0.15) is 0 Å². The Balaban J connectivity index is 1.68. The average Bonchev–Trinajstić information content (AvgIpc) is 3.01. The van der Waals surface area contributed by atoms with Gasteiger partial charge in [0, 0.05) is 6.42 Å². The molecule has 0 unspecified atom stereocenters. The molecule has 0 amide bonds. The van der Waals surface area contributed by atoms with Crippen LogP contribution in [0.25, 0.3) is 6.08 Å². The molecule has 5 nitrogen and oxygen atoms in total. The van der Waals surface area contributed by atoms with E-state index in [1.165, 1.54) is 0 Å². The van der Waals surface area contributed by atoms with E-state index in [9.17, 15) is 4.79 Å². The number of ether oxygens (including phenoxy) is 3. The third kappa shape index (κ3) is 4.30. The number of esters is 1. The lowest BCUT2D eigenvalue weighted by Crippen LogP contribution is -2.05. The Morgan fingerprint density at radius 3 is 2.58 bits per heavy atom. The van der Waals surface area contributed by atoms with Gasteiger partial charge in [0.25, 0.3) is 0 Å². The third-order valence-corrected chi connectivity index (χ3v) is 3.96. The summed E-state index contributed by atoms with van der Waals surface area (Å²) in [5, 5.41) is 0. The van der Waals surface area contributed by atoms with E-state index in [4.69, 9.17) is 14.2 Å². The lowest BCUT2D eigenvalue weighted by Gasteiger charge is -2.07. The first-order chi connectivity index (χ1) is 12.7. The number of hydrogen-bond donors (Lipinski definition) is 0. The van der Waals surface area contributed by atoms with E-state index in [2.05, 4.69) is 4.99 Å². The summed E-state index contributed by atoms with van der Waals surface area (Å²) in [4.78, 5) is 16.4. The molecular weight excluding hydrogens is 330 g/mol. The molecule has 0 atom stereocenters. The fourth-order valence-corrected chi connectivity index (χ4v) is 2.70. The summed E-state index contributed by atoms with van der Waals surface area (Å²) in [5.74, 6) is 1.62. The number of aryl methyl sites for hydroxylation is 1. The number of carbonyl (C=O) groups excluding carboxylic acids is 1. The van der Waals surface area contributed by atoms with Crippen LogP contribution in [0, 0.1) is 0 Å². The van der Waals surface area contributed by atoms with E-state index in [0.29, 0.717) is 31.0 Å². The summed E-state index contributed by atoms with van der Waals surface area (Å²) in [5.41, 5.74) is 2.23. The fourth-order valence-electron chi connectivity index (χ4n) is 2.70. The van der Waals surface area contributed by atoms with Crippen LogP contribution in [0.3, 0.4) is 0 Å². The van der Waals surface area contributed by atoms with Crippen LogP contribution in [0.15, 0.2) is 59.2 Å². The highest BCUT2D eigenvalue weighted by Crippen LogP contribution is 2.22. The maximum Gasteiger partial charge on any atom is 0.363 e. The molecule has 0 fully saturated rings. The zero-order valence-corrected chi connectivity index (χ0v) is 14.9. The molecule has 134 valence electrons. The summed E-state index contributed by atoms with van der Waals surface area (Å²) in [6.45, 7) is 2.55. The Morgan fingerprint density at radius 2 is 1.85 bits per heavy atom. The summed E-state index contributed by atoms with van der Waals surface area (Å²) in [6.07, 6.45) is 2.94. The topological polar surface area (TPSA) is 57.1 Å². The van der Waals surface area contributed by atoms with Crippen molar-refractivity contribution in [1.82, 2.24) is 0 Å². The number of aliphatic imine (C=N–C) groups is 1. The van der Waals surface area contributed by atoms with Crippen LogP contribution in [0.1, 0.15) is 24.5 Å². The van der Waals surface area contributed by atoms with Gasteiger partial charge in [0.05, 0.1) is 13.7 Å². The van der Waals surface area contributed by atoms with E-state index >= 15 is 0 Å². The van der Waals surface area contributed by atoms with Crippen molar-refractivity contribution >= 4 is 17.9 Å². The zero-order chi connectivity index (χ0) is 18.4. The highest BCUT2D eigenvalue weighted by atomic mass is 16.6. The number of benzene rings is 2. The minimum atomic E-state index is -0.422. The van der Waals surface area contributed by atoms with Crippen LogP contribution in [0.2, 0.25) is 0 Å². The van der Waals surface area contributed by atoms with Gasteiger partial charge in [-0.15, -0.1) is 0 Å². The monoisotopic (exact) mass is 351 g/mol. The molecule has 1 aliphatic rings. The maximum atomic E-state index is 12.0. The molecule has 0 bridgehead atoms. The molecule has 0 saturated heterocycles. The Bertz CT molecular complexity index is 837. The molecule has 0 N–H and O–H groups in total. The summed E-state index contributed by atoms with van der Waals surface area (Å²) >= 11 is 0. The van der Waals surface area contributed by atoms with Crippen LogP contribution in [0.5, 0.6) is 11.5 Å². The number of cyclic esters (lactones) is 1. The van der Waals surface area contributed by atoms with Crippen molar-refractivity contribution in [2.24, 2.45) is 4.99 Å². The molecule has 0 radical (unpaired) electrons. The lowest BCUT2D eigenvalue weighted by atomic mass is 10.1. The van der Waals surface area contributed by atoms with Crippen molar-refractivity contribution in [3.8, 4) is 11.5 Å². The van der Waals surface area contributed by atoms with Crippen molar-refractivity contribution < 1.29 is 19.0 Å². The van der Waals surface area contributed by atoms with Gasteiger partial charge in [0.15, 0.2) is 11.6 Å². The van der Waals surface area contributed by atoms with Gasteiger partial charge in [-0.3, -0.25) is 0 Å². The van der Waals surface area contributed by atoms with Gasteiger partial charge in [-0.1, -0.05) is 30.3 Å². The molecule has 0 spiro atoms. The number of nitrogens with zero attached hydrogens (tertiary/aromatic N) is 1. The SMILES string of the molecule is CCOc1ccc(/C=C2/N=C(CCc3ccccc3OC)OC2=O)cc1. The smallest absolute Gasteiger partial charge is 0.363 e. The largest absolute Gasteiger partial charge is 0.496 e. The van der Waals surface area contributed by atoms with Crippen LogP contribution in [0.4, 0.5) is 0 Å². The molecular formula is C21H21NO4. The number of rotatable bonds is 7. The predicted octanol–water partition coefficient (Wildman–Crippen LogP) is 4.02. The Morgan fingerprint density at radius 1 is 1.08 bits per heavy atom. The van der Waals surface area contributed by atoms with E-state index in [1.807, 2.05) is 55.5 Å². The highest BCUT2D eigenvalue weighted by molar-refractivity contribution is 6.07. The summed E-state index contributed by atoms with van der Waals surface area (Å²) in [6, 6.07) is 15.3. The molecule has 0 aliphatic carbocycles. The van der Waals surface area contributed by atoms with Gasteiger partial charge >= 0.3 is 5.97 Å². The molecule has 2 aromatic carbocycles. The molecule has 3 rings (SSSR count). The number of hydrogen-bond acceptors (Lipinski definition) is 5. The highest BCUT2D eigenvalue weighted by Gasteiger charge is 2.22. The van der Waals surface area contributed by atoms with Gasteiger partial charge in [-0.25, -0.2) is 9.79 Å². The minimum absolute atomic E-state index is 0.309. The molecule has 0 saturated carbocycles. The van der Waals surface area contributed by atoms with Crippen LogP contribution in [-0.2, 0) is 16.0 Å². The number of para-hydroxylation sites is 1. The van der Waals surface area contributed by atoms with Crippen molar-refractivity contribution in [2.45, 2.75) is 19.8 Å². The normalized spacial score (nSPS) is 14.9. The first-order valence-corrected chi connectivity index (χ1v) is 8.56. The van der Waals surface area contributed by atoms with Gasteiger partial charge in [-0.05, 0) is 48.7 Å². The fraction of sp³-hybridized carbons (Fsp3) is 0.238. The molecule has 5 heteroatoms. The van der Waals surface area contributed by atoms with E-state index in [-0.39, 0.29) is 0 Å². The van der Waals surface area contributed by atoms with Gasteiger partial charge in [0.1, 0.15) is 11.5 Å². The third-order valence-electron chi connectivity index (χ3n) is 3.96. The van der Waals surface area contributed by atoms with Gasteiger partial charge in [0.2, 0.25) is 0 Å². The average molecular weight is 351 g/mol. The Kier molecular flexibility index (Phi) is 5.69. The first-order valence-electron chi connectivity index (χ1n) is 8.56. The summed E-state index contributed by atoms with van der Waals surface area (Å²) in [7, 11) is 1.64. The molecule has 2 aromatic rings. The van der Waals surface area contributed by atoms with Crippen LogP contribution < -0.4 is 9.47 Å². The second kappa shape index (κ2) is 8.34. The quantitative estimate of drug-likeness (QED) is 0.558.